The van der Waals surface area contributed by atoms with Crippen molar-refractivity contribution in [3.63, 3.8) is 0 Å². The van der Waals surface area contributed by atoms with Gasteiger partial charge in [0.05, 0.1) is 27.9 Å². The molecule has 21 heavy (non-hydrogen) atoms. The number of nitrogens with one attached hydrogen (secondary N) is 1. The van der Waals surface area contributed by atoms with Gasteiger partial charge in [0, 0.05) is 18.1 Å². The van der Waals surface area contributed by atoms with Gasteiger partial charge in [-0.25, -0.2) is 4.79 Å². The van der Waals surface area contributed by atoms with E-state index in [1.807, 2.05) is 6.92 Å². The fourth-order valence-corrected chi connectivity index (χ4v) is 2.48. The zero-order chi connectivity index (χ0) is 15.4. The molecule has 0 aliphatic heterocycles. The number of halogens is 2. The fourth-order valence-electron chi connectivity index (χ4n) is 2.03. The Kier molecular flexibility index (Phi) is 5.26. The summed E-state index contributed by atoms with van der Waals surface area (Å²) in [5.41, 5.74) is 1.55. The number of nitrogens with zero attached hydrogens (tertiary/aromatic N) is 1. The number of anilines is 1. The maximum atomic E-state index is 12.1. The van der Waals surface area contributed by atoms with Gasteiger partial charge in [-0.05, 0) is 25.5 Å². The Bertz CT molecular complexity index is 674. The van der Waals surface area contributed by atoms with Crippen LogP contribution < -0.4 is 5.32 Å². The van der Waals surface area contributed by atoms with Gasteiger partial charge >= 0.3 is 5.97 Å². The number of fused-ring (bicyclic) bond motifs is 1. The van der Waals surface area contributed by atoms with Crippen LogP contribution in [0, 0.1) is 0 Å². The molecule has 1 N–H and O–H groups in total. The molecule has 0 radical (unpaired) electrons. The number of aromatic nitrogens is 1. The second kappa shape index (κ2) is 6.96. The van der Waals surface area contributed by atoms with Crippen LogP contribution in [-0.2, 0) is 4.74 Å². The van der Waals surface area contributed by atoms with Crippen LogP contribution in [0.15, 0.2) is 18.3 Å². The summed E-state index contributed by atoms with van der Waals surface area (Å²) in [5, 5.41) is 4.85. The number of carbonyl (C=O) groups is 1. The molecule has 0 saturated heterocycles. The van der Waals surface area contributed by atoms with Gasteiger partial charge in [0.15, 0.2) is 0 Å². The van der Waals surface area contributed by atoms with Gasteiger partial charge in [0.1, 0.15) is 5.56 Å². The highest BCUT2D eigenvalue weighted by atomic mass is 35.5. The van der Waals surface area contributed by atoms with E-state index in [-0.39, 0.29) is 0 Å². The van der Waals surface area contributed by atoms with Crippen molar-refractivity contribution in [1.29, 1.82) is 0 Å². The average molecular weight is 327 g/mol. The molecule has 0 aliphatic rings. The number of pyridine rings is 1. The van der Waals surface area contributed by atoms with Crippen molar-refractivity contribution in [2.75, 3.05) is 18.5 Å². The van der Waals surface area contributed by atoms with Crippen molar-refractivity contribution >= 4 is 45.8 Å². The van der Waals surface area contributed by atoms with Crippen LogP contribution >= 0.6 is 23.2 Å². The minimum atomic E-state index is -0.429. The van der Waals surface area contributed by atoms with Gasteiger partial charge in [-0.2, -0.15) is 0 Å². The molecule has 1 aromatic heterocycles. The summed E-state index contributed by atoms with van der Waals surface area (Å²) in [7, 11) is 0. The van der Waals surface area contributed by atoms with Crippen molar-refractivity contribution in [2.24, 2.45) is 0 Å². The van der Waals surface area contributed by atoms with Crippen LogP contribution in [0.25, 0.3) is 10.9 Å². The van der Waals surface area contributed by atoms with Crippen molar-refractivity contribution in [1.82, 2.24) is 4.98 Å². The lowest BCUT2D eigenvalue weighted by atomic mass is 10.1. The van der Waals surface area contributed by atoms with Gasteiger partial charge in [-0.3, -0.25) is 4.98 Å². The number of benzene rings is 1. The molecule has 0 spiro atoms. The smallest absolute Gasteiger partial charge is 0.341 e. The lowest BCUT2D eigenvalue weighted by molar-refractivity contribution is 0.0527. The van der Waals surface area contributed by atoms with Crippen LogP contribution in [0.5, 0.6) is 0 Å². The summed E-state index contributed by atoms with van der Waals surface area (Å²) >= 11 is 12.4. The summed E-state index contributed by atoms with van der Waals surface area (Å²) in [6, 6.07) is 3.38. The van der Waals surface area contributed by atoms with Gasteiger partial charge in [0.25, 0.3) is 0 Å². The number of hydrogen-bond acceptors (Lipinski definition) is 4. The predicted molar refractivity (Wildman–Crippen MR) is 86.5 cm³/mol. The quantitative estimate of drug-likeness (QED) is 0.819. The molecule has 1 heterocycles. The summed E-state index contributed by atoms with van der Waals surface area (Å²) in [6.45, 7) is 4.80. The normalized spacial score (nSPS) is 10.7. The predicted octanol–water partition coefficient (Wildman–Crippen LogP) is 4.54. The number of rotatable bonds is 5. The molecule has 4 nitrogen and oxygen atoms in total. The van der Waals surface area contributed by atoms with Crippen molar-refractivity contribution < 1.29 is 9.53 Å². The second-order valence-electron chi connectivity index (χ2n) is 4.45. The number of carbonyl (C=O) groups excluding carboxylic acids is 1. The third kappa shape index (κ3) is 3.22. The largest absolute Gasteiger partial charge is 0.462 e. The van der Waals surface area contributed by atoms with E-state index in [0.717, 1.165) is 6.42 Å². The number of esters is 1. The monoisotopic (exact) mass is 326 g/mol. The fraction of sp³-hybridized carbons (Fsp3) is 0.333. The molecule has 0 aliphatic carbocycles. The Labute approximate surface area is 133 Å². The Morgan fingerprint density at radius 3 is 2.67 bits per heavy atom. The molecule has 2 rings (SSSR count). The molecular weight excluding hydrogens is 311 g/mol. The van der Waals surface area contributed by atoms with E-state index in [1.165, 1.54) is 6.20 Å². The van der Waals surface area contributed by atoms with Gasteiger partial charge < -0.3 is 10.1 Å². The molecule has 0 atom stereocenters. The van der Waals surface area contributed by atoms with Crippen molar-refractivity contribution in [3.8, 4) is 0 Å². The molecule has 6 heteroatoms. The van der Waals surface area contributed by atoms with Crippen LogP contribution in [0.4, 0.5) is 5.69 Å². The first kappa shape index (κ1) is 15.9. The highest BCUT2D eigenvalue weighted by Gasteiger charge is 2.19. The maximum absolute atomic E-state index is 12.1. The third-order valence-corrected chi connectivity index (χ3v) is 3.59. The molecule has 1 aromatic carbocycles. The first-order valence-corrected chi connectivity index (χ1v) is 7.53. The van der Waals surface area contributed by atoms with Crippen LogP contribution in [0.3, 0.4) is 0 Å². The lowest BCUT2D eigenvalue weighted by Crippen LogP contribution is -2.12. The summed E-state index contributed by atoms with van der Waals surface area (Å²) in [6.07, 6.45) is 2.38. The molecular formula is C15H16Cl2N2O2. The lowest BCUT2D eigenvalue weighted by Gasteiger charge is -2.15. The zero-order valence-electron chi connectivity index (χ0n) is 11.9. The topological polar surface area (TPSA) is 51.2 Å². The molecule has 2 aromatic rings. The van der Waals surface area contributed by atoms with Crippen LogP contribution in [-0.4, -0.2) is 24.1 Å². The Hall–Kier alpha value is -1.52. The van der Waals surface area contributed by atoms with E-state index >= 15 is 0 Å². The van der Waals surface area contributed by atoms with E-state index in [4.69, 9.17) is 27.9 Å². The summed E-state index contributed by atoms with van der Waals surface area (Å²) in [4.78, 5) is 16.3. The van der Waals surface area contributed by atoms with Gasteiger partial charge in [-0.1, -0.05) is 30.1 Å². The molecule has 0 fully saturated rings. The minimum Gasteiger partial charge on any atom is -0.462 e. The standard InChI is InChI=1S/C15H16Cl2N2O2/c1-3-7-18-13-9(15(20)21-4-2)8-19-14-11(17)6-5-10(16)12(13)14/h5-6,8H,3-4,7H2,1-2H3,(H,18,19). The van der Waals surface area contributed by atoms with E-state index in [9.17, 15) is 4.79 Å². The first-order chi connectivity index (χ1) is 10.1. The molecule has 112 valence electrons. The number of hydrogen-bond donors (Lipinski definition) is 1. The Morgan fingerprint density at radius 1 is 1.29 bits per heavy atom. The highest BCUT2D eigenvalue weighted by Crippen LogP contribution is 2.36. The van der Waals surface area contributed by atoms with E-state index in [1.54, 1.807) is 19.1 Å². The van der Waals surface area contributed by atoms with Gasteiger partial charge in [0.2, 0.25) is 0 Å². The molecule has 0 unspecified atom stereocenters. The summed E-state index contributed by atoms with van der Waals surface area (Å²) < 4.78 is 5.07. The highest BCUT2D eigenvalue weighted by molar-refractivity contribution is 6.41. The maximum Gasteiger partial charge on any atom is 0.341 e. The second-order valence-corrected chi connectivity index (χ2v) is 5.26. The molecule has 0 saturated carbocycles. The molecule has 0 bridgehead atoms. The first-order valence-electron chi connectivity index (χ1n) is 6.77. The van der Waals surface area contributed by atoms with Crippen molar-refractivity contribution in [2.45, 2.75) is 20.3 Å². The SMILES string of the molecule is CCCNc1c(C(=O)OCC)cnc2c(Cl)ccc(Cl)c12. The van der Waals surface area contributed by atoms with Gasteiger partial charge in [-0.15, -0.1) is 0 Å². The average Bonchev–Trinajstić information content (AvgIpc) is 2.48. The Balaban J connectivity index is 2.69. The van der Waals surface area contributed by atoms with E-state index in [0.29, 0.717) is 45.4 Å². The zero-order valence-corrected chi connectivity index (χ0v) is 13.4. The van der Waals surface area contributed by atoms with E-state index < -0.39 is 5.97 Å². The molecule has 0 amide bonds. The van der Waals surface area contributed by atoms with Crippen LogP contribution in [0.1, 0.15) is 30.6 Å². The minimum absolute atomic E-state index is 0.299. The third-order valence-electron chi connectivity index (χ3n) is 2.97. The Morgan fingerprint density at radius 2 is 2.00 bits per heavy atom. The van der Waals surface area contributed by atoms with Crippen molar-refractivity contribution in [3.05, 3.63) is 33.9 Å². The van der Waals surface area contributed by atoms with E-state index in [2.05, 4.69) is 10.3 Å². The van der Waals surface area contributed by atoms with Crippen LogP contribution in [0.2, 0.25) is 10.0 Å². The number of ether oxygens (including phenoxy) is 1. The summed E-state index contributed by atoms with van der Waals surface area (Å²) in [5.74, 6) is -0.429.